The summed E-state index contributed by atoms with van der Waals surface area (Å²) in [6, 6.07) is 6.15. The summed E-state index contributed by atoms with van der Waals surface area (Å²) >= 11 is 8.02. The fraction of sp³-hybridized carbons (Fsp3) is 0.417. The van der Waals surface area contributed by atoms with E-state index in [2.05, 4.69) is 25.3 Å². The molecule has 2 atom stereocenters. The van der Waals surface area contributed by atoms with Crippen LogP contribution in [0.4, 0.5) is 0 Å². The third-order valence-corrected chi connectivity index (χ3v) is 8.73. The van der Waals surface area contributed by atoms with Crippen LogP contribution in [0.15, 0.2) is 24.3 Å². The molecule has 0 aliphatic carbocycles. The van der Waals surface area contributed by atoms with Crippen LogP contribution in [0, 0.1) is 10.8 Å². The van der Waals surface area contributed by atoms with E-state index in [1.807, 2.05) is 0 Å². The zero-order valence-corrected chi connectivity index (χ0v) is 24.7. The van der Waals surface area contributed by atoms with Gasteiger partial charge in [-0.25, -0.2) is 0 Å². The van der Waals surface area contributed by atoms with E-state index in [-0.39, 0.29) is 26.3 Å². The van der Waals surface area contributed by atoms with Crippen LogP contribution < -0.4 is 0 Å². The van der Waals surface area contributed by atoms with Crippen LogP contribution in [0.1, 0.15) is 37.8 Å². The lowest BCUT2D eigenvalue weighted by atomic mass is 9.89. The average molecular weight is 629 g/mol. The molecule has 12 nitrogen and oxygen atoms in total. The third-order valence-electron chi connectivity index (χ3n) is 6.26. The highest BCUT2D eigenvalue weighted by Gasteiger charge is 2.62. The van der Waals surface area contributed by atoms with E-state index >= 15 is 0 Å². The Labute approximate surface area is 248 Å². The fourth-order valence-electron chi connectivity index (χ4n) is 4.19. The number of imide groups is 2. The Hall–Kier alpha value is -2.50. The zero-order valence-electron chi connectivity index (χ0n) is 21.2. The van der Waals surface area contributed by atoms with Crippen molar-refractivity contribution in [3.8, 4) is 0 Å². The summed E-state index contributed by atoms with van der Waals surface area (Å²) in [7, 11) is 0. The molecule has 2 fully saturated rings. The first-order chi connectivity index (χ1) is 18.9. The first-order valence-electron chi connectivity index (χ1n) is 11.8. The molecule has 2 aliphatic heterocycles. The zero-order chi connectivity index (χ0) is 29.8. The molecule has 2 aliphatic rings. The molecule has 0 aromatic heterocycles. The molecule has 214 valence electrons. The Morgan fingerprint density at radius 2 is 1.15 bits per heavy atom. The van der Waals surface area contributed by atoms with E-state index in [0.29, 0.717) is 35.2 Å². The summed E-state index contributed by atoms with van der Waals surface area (Å²) in [4.78, 5) is 103. The summed E-state index contributed by atoms with van der Waals surface area (Å²) in [5.41, 5.74) is -3.88. The average Bonchev–Trinajstić information content (AvgIpc) is 3.32. The van der Waals surface area contributed by atoms with Crippen LogP contribution in [0.2, 0.25) is 0 Å². The van der Waals surface area contributed by atoms with Gasteiger partial charge in [0, 0.05) is 0 Å². The number of benzene rings is 1. The Morgan fingerprint density at radius 3 is 1.48 bits per heavy atom. The molecule has 2 unspecified atom stereocenters. The van der Waals surface area contributed by atoms with E-state index in [4.69, 9.17) is 8.37 Å². The first kappa shape index (κ1) is 32.0. The van der Waals surface area contributed by atoms with Gasteiger partial charge in [-0.15, -0.1) is 25.3 Å². The molecule has 0 spiro atoms. The molecule has 40 heavy (non-hydrogen) atoms. The van der Waals surface area contributed by atoms with Crippen LogP contribution in [0.25, 0.3) is 0 Å². The van der Waals surface area contributed by atoms with Crippen molar-refractivity contribution in [1.82, 2.24) is 9.80 Å². The second-order valence-corrected chi connectivity index (χ2v) is 11.1. The standard InChI is InChI=1S/C24H24N2O10S4/c1-3-35-39-21(33)23(19(31)37)9-15(27)25(17(23)29)11-13-6-5-7-14(8-13)12-26-16(28)10-24(18(26)30,20(32)38)22(34)40-36-4-2/h5-8H,3-4,9-12H2,1-2H3,(H,31,37)(H,32,38). The van der Waals surface area contributed by atoms with Crippen molar-refractivity contribution in [2.75, 3.05) is 13.2 Å². The number of thiol groups is 2. The molecule has 0 bridgehead atoms. The van der Waals surface area contributed by atoms with Gasteiger partial charge in [0.2, 0.25) is 32.3 Å². The van der Waals surface area contributed by atoms with Gasteiger partial charge in [-0.1, -0.05) is 24.3 Å². The molecular weight excluding hydrogens is 605 g/mol. The molecule has 2 saturated heterocycles. The van der Waals surface area contributed by atoms with Crippen molar-refractivity contribution in [2.24, 2.45) is 10.8 Å². The van der Waals surface area contributed by atoms with E-state index in [1.54, 1.807) is 32.0 Å². The maximum Gasteiger partial charge on any atom is 0.253 e. The minimum absolute atomic E-state index is 0.122. The highest BCUT2D eigenvalue weighted by Crippen LogP contribution is 2.42. The first-order valence-corrected chi connectivity index (χ1v) is 14.2. The van der Waals surface area contributed by atoms with Gasteiger partial charge >= 0.3 is 0 Å². The monoisotopic (exact) mass is 628 g/mol. The third kappa shape index (κ3) is 5.78. The number of carbonyl (C=O) groups excluding carboxylic acids is 8. The predicted octanol–water partition coefficient (Wildman–Crippen LogP) is 1.51. The van der Waals surface area contributed by atoms with Gasteiger partial charge < -0.3 is 8.37 Å². The maximum atomic E-state index is 13.2. The van der Waals surface area contributed by atoms with Crippen molar-refractivity contribution < 1.29 is 46.7 Å². The lowest BCUT2D eigenvalue weighted by Crippen LogP contribution is -2.44. The smallest absolute Gasteiger partial charge is 0.253 e. The Kier molecular flexibility index (Phi) is 10.4. The number of hydrogen-bond donors (Lipinski definition) is 2. The van der Waals surface area contributed by atoms with Crippen molar-refractivity contribution in [1.29, 1.82) is 0 Å². The van der Waals surface area contributed by atoms with Crippen molar-refractivity contribution >= 4 is 93.4 Å². The molecule has 2 heterocycles. The number of hydrogen-bond acceptors (Lipinski definition) is 12. The Morgan fingerprint density at radius 1 is 0.775 bits per heavy atom. The van der Waals surface area contributed by atoms with Crippen molar-refractivity contribution in [3.63, 3.8) is 0 Å². The summed E-state index contributed by atoms with van der Waals surface area (Å²) < 4.78 is 9.93. The summed E-state index contributed by atoms with van der Waals surface area (Å²) in [6.07, 6.45) is -1.39. The SMILES string of the molecule is CCOSC(=O)C1(C(=O)S)CC(=O)N(Cc2cccc(CN3C(=O)CC(C(=O)S)(C(=O)SOCC)C3=O)c2)C1=O. The van der Waals surface area contributed by atoms with Crippen molar-refractivity contribution in [2.45, 2.75) is 39.8 Å². The molecule has 3 rings (SSSR count). The van der Waals surface area contributed by atoms with E-state index in [0.717, 1.165) is 9.80 Å². The second kappa shape index (κ2) is 13.0. The van der Waals surface area contributed by atoms with Gasteiger partial charge in [-0.3, -0.25) is 48.2 Å². The molecule has 16 heteroatoms. The molecular formula is C24H24N2O10S4. The lowest BCUT2D eigenvalue weighted by molar-refractivity contribution is -0.148. The van der Waals surface area contributed by atoms with E-state index in [1.165, 1.54) is 6.07 Å². The van der Waals surface area contributed by atoms with Gasteiger partial charge in [-0.05, 0) is 25.0 Å². The van der Waals surface area contributed by atoms with Crippen LogP contribution in [-0.4, -0.2) is 67.1 Å². The molecule has 1 aromatic carbocycles. The van der Waals surface area contributed by atoms with Gasteiger partial charge in [0.05, 0.1) is 63.2 Å². The molecule has 0 radical (unpaired) electrons. The van der Waals surface area contributed by atoms with Crippen LogP contribution >= 0.6 is 49.3 Å². The highest BCUT2D eigenvalue weighted by molar-refractivity contribution is 8.10. The maximum absolute atomic E-state index is 13.2. The fourth-order valence-corrected chi connectivity index (χ4v) is 6.13. The molecule has 0 N–H and O–H groups in total. The van der Waals surface area contributed by atoms with Crippen LogP contribution in [0.5, 0.6) is 0 Å². The topological polar surface area (TPSA) is 162 Å². The number of nitrogens with zero attached hydrogens (tertiary/aromatic N) is 2. The van der Waals surface area contributed by atoms with Gasteiger partial charge in [0.25, 0.3) is 11.8 Å². The summed E-state index contributed by atoms with van der Waals surface area (Å²) in [5, 5.41) is -4.06. The largest absolute Gasteiger partial charge is 0.308 e. The number of carbonyl (C=O) groups is 8. The quantitative estimate of drug-likeness (QED) is 0.149. The highest BCUT2D eigenvalue weighted by atomic mass is 32.2. The lowest BCUT2D eigenvalue weighted by Gasteiger charge is -2.22. The summed E-state index contributed by atoms with van der Waals surface area (Å²) in [6.45, 7) is 2.82. The molecule has 0 saturated carbocycles. The Bertz CT molecular complexity index is 1210. The molecule has 4 amide bonds. The van der Waals surface area contributed by atoms with Gasteiger partial charge in [0.15, 0.2) is 10.8 Å². The van der Waals surface area contributed by atoms with Gasteiger partial charge in [-0.2, -0.15) is 0 Å². The molecule has 1 aromatic rings. The minimum Gasteiger partial charge on any atom is -0.308 e. The minimum atomic E-state index is -2.32. The Balaban J connectivity index is 1.82. The predicted molar refractivity (Wildman–Crippen MR) is 148 cm³/mol. The number of amides is 4. The number of rotatable bonds is 12. The van der Waals surface area contributed by atoms with Crippen LogP contribution in [0.3, 0.4) is 0 Å². The van der Waals surface area contributed by atoms with Crippen LogP contribution in [-0.2, 0) is 59.8 Å². The van der Waals surface area contributed by atoms with Gasteiger partial charge in [0.1, 0.15) is 0 Å². The summed E-state index contributed by atoms with van der Waals surface area (Å²) in [5.74, 6) is -3.61. The number of likely N-dealkylation sites (tertiary alicyclic amines) is 2. The van der Waals surface area contributed by atoms with E-state index in [9.17, 15) is 38.4 Å². The normalized spacial score (nSPS) is 22.8. The van der Waals surface area contributed by atoms with E-state index < -0.39 is 67.8 Å². The van der Waals surface area contributed by atoms with Crippen molar-refractivity contribution in [3.05, 3.63) is 35.4 Å². The second-order valence-electron chi connectivity index (χ2n) is 8.72.